The number of methoxy groups -OCH3 is 2. The summed E-state index contributed by atoms with van der Waals surface area (Å²) in [6, 6.07) is 6.76. The zero-order valence-electron chi connectivity index (χ0n) is 12.2. The third kappa shape index (κ3) is 3.87. The maximum Gasteiger partial charge on any atom is 0.125 e. The van der Waals surface area contributed by atoms with Crippen LogP contribution in [0.25, 0.3) is 0 Å². The molecule has 0 amide bonds. The van der Waals surface area contributed by atoms with Gasteiger partial charge in [0.1, 0.15) is 11.5 Å². The van der Waals surface area contributed by atoms with Crippen molar-refractivity contribution in [3.63, 3.8) is 0 Å². The van der Waals surface area contributed by atoms with Crippen LogP contribution in [-0.2, 0) is 6.42 Å². The monoisotopic (exact) mass is 263 g/mol. The molecule has 2 rings (SSSR count). The van der Waals surface area contributed by atoms with Crippen molar-refractivity contribution in [3.05, 3.63) is 23.8 Å². The zero-order valence-corrected chi connectivity index (χ0v) is 12.2. The van der Waals surface area contributed by atoms with Gasteiger partial charge in [-0.3, -0.25) is 0 Å². The van der Waals surface area contributed by atoms with Gasteiger partial charge in [0, 0.05) is 12.1 Å². The minimum absolute atomic E-state index is 0.664. The van der Waals surface area contributed by atoms with Crippen molar-refractivity contribution in [1.82, 2.24) is 5.32 Å². The fraction of sp³-hybridized carbons (Fsp3) is 0.625. The molecule has 1 fully saturated rings. The molecule has 1 atom stereocenters. The molecule has 1 saturated carbocycles. The number of rotatable bonds is 8. The second-order valence-corrected chi connectivity index (χ2v) is 5.22. The molecular weight excluding hydrogens is 238 g/mol. The predicted octanol–water partition coefficient (Wildman–Crippen LogP) is 3.02. The van der Waals surface area contributed by atoms with Gasteiger partial charge in [0.2, 0.25) is 0 Å². The third-order valence-electron chi connectivity index (χ3n) is 3.88. The Bertz CT molecular complexity index is 402. The average molecular weight is 263 g/mol. The molecule has 1 aromatic carbocycles. The summed E-state index contributed by atoms with van der Waals surface area (Å²) in [6.07, 6.45) is 5.01. The summed E-state index contributed by atoms with van der Waals surface area (Å²) in [4.78, 5) is 0. The van der Waals surface area contributed by atoms with E-state index in [9.17, 15) is 0 Å². The van der Waals surface area contributed by atoms with E-state index in [-0.39, 0.29) is 0 Å². The molecule has 1 aliphatic rings. The third-order valence-corrected chi connectivity index (χ3v) is 3.88. The van der Waals surface area contributed by atoms with E-state index in [0.717, 1.165) is 30.4 Å². The summed E-state index contributed by atoms with van der Waals surface area (Å²) >= 11 is 0. The van der Waals surface area contributed by atoms with Gasteiger partial charge < -0.3 is 14.8 Å². The maximum atomic E-state index is 5.46. The Kier molecular flexibility index (Phi) is 5.08. The summed E-state index contributed by atoms with van der Waals surface area (Å²) in [6.45, 7) is 3.24. The molecule has 1 unspecified atom stereocenters. The highest BCUT2D eigenvalue weighted by Gasteiger charge is 2.30. The molecule has 0 aliphatic heterocycles. The highest BCUT2D eigenvalue weighted by Crippen LogP contribution is 2.35. The first-order valence-corrected chi connectivity index (χ1v) is 7.22. The summed E-state index contributed by atoms with van der Waals surface area (Å²) in [7, 11) is 3.41. The van der Waals surface area contributed by atoms with Gasteiger partial charge in [-0.1, -0.05) is 13.0 Å². The molecule has 3 nitrogen and oxygen atoms in total. The van der Waals surface area contributed by atoms with Crippen LogP contribution < -0.4 is 14.8 Å². The van der Waals surface area contributed by atoms with Crippen LogP contribution in [0.1, 0.15) is 31.7 Å². The van der Waals surface area contributed by atoms with Crippen LogP contribution in [0.2, 0.25) is 0 Å². The van der Waals surface area contributed by atoms with Crippen LogP contribution in [0.3, 0.4) is 0 Å². The van der Waals surface area contributed by atoms with E-state index in [0.29, 0.717) is 6.04 Å². The summed E-state index contributed by atoms with van der Waals surface area (Å²) in [5.74, 6) is 2.68. The Balaban J connectivity index is 1.97. The molecule has 1 aliphatic carbocycles. The van der Waals surface area contributed by atoms with Crippen LogP contribution in [0.15, 0.2) is 18.2 Å². The molecule has 0 spiro atoms. The first kappa shape index (κ1) is 14.2. The van der Waals surface area contributed by atoms with Crippen molar-refractivity contribution in [2.75, 3.05) is 20.8 Å². The van der Waals surface area contributed by atoms with E-state index in [1.54, 1.807) is 14.2 Å². The molecule has 0 aromatic heterocycles. The number of hydrogen-bond acceptors (Lipinski definition) is 3. The molecular formula is C16H25NO2. The zero-order chi connectivity index (χ0) is 13.7. The van der Waals surface area contributed by atoms with E-state index in [1.807, 2.05) is 12.1 Å². The van der Waals surface area contributed by atoms with Crippen LogP contribution >= 0.6 is 0 Å². The number of hydrogen-bond donors (Lipinski definition) is 1. The molecule has 1 aromatic rings. The second kappa shape index (κ2) is 6.80. The highest BCUT2D eigenvalue weighted by atomic mass is 16.5. The van der Waals surface area contributed by atoms with Gasteiger partial charge in [-0.2, -0.15) is 0 Å². The van der Waals surface area contributed by atoms with Crippen LogP contribution in [-0.4, -0.2) is 26.8 Å². The molecule has 19 heavy (non-hydrogen) atoms. The van der Waals surface area contributed by atoms with Crippen molar-refractivity contribution < 1.29 is 9.47 Å². The van der Waals surface area contributed by atoms with Crippen molar-refractivity contribution in [3.8, 4) is 11.5 Å². The van der Waals surface area contributed by atoms with Gasteiger partial charge >= 0.3 is 0 Å². The Hall–Kier alpha value is -1.22. The van der Waals surface area contributed by atoms with Gasteiger partial charge in [0.25, 0.3) is 0 Å². The van der Waals surface area contributed by atoms with Crippen molar-refractivity contribution in [2.45, 2.75) is 38.6 Å². The Morgan fingerprint density at radius 3 is 2.63 bits per heavy atom. The van der Waals surface area contributed by atoms with E-state index in [4.69, 9.17) is 9.47 Å². The number of ether oxygens (including phenoxy) is 2. The summed E-state index contributed by atoms with van der Waals surface area (Å²) in [5.41, 5.74) is 1.27. The first-order chi connectivity index (χ1) is 9.28. The van der Waals surface area contributed by atoms with Crippen molar-refractivity contribution in [1.29, 1.82) is 0 Å². The van der Waals surface area contributed by atoms with Gasteiger partial charge in [-0.05, 0) is 49.8 Å². The number of aryl methyl sites for hydroxylation is 1. The maximum absolute atomic E-state index is 5.46. The molecule has 1 N–H and O–H groups in total. The van der Waals surface area contributed by atoms with Gasteiger partial charge in [0.15, 0.2) is 0 Å². The molecule has 3 heteroatoms. The average Bonchev–Trinajstić information content (AvgIpc) is 3.27. The van der Waals surface area contributed by atoms with Crippen LogP contribution in [0.5, 0.6) is 11.5 Å². The minimum Gasteiger partial charge on any atom is -0.497 e. The van der Waals surface area contributed by atoms with Crippen molar-refractivity contribution in [2.24, 2.45) is 5.92 Å². The summed E-state index contributed by atoms with van der Waals surface area (Å²) < 4.78 is 10.7. The standard InChI is InChI=1S/C16H25NO2/c1-4-17-15(12-5-6-12)10-8-13-7-9-14(18-2)11-16(13)19-3/h7,9,11-12,15,17H,4-6,8,10H2,1-3H3. The van der Waals surface area contributed by atoms with E-state index in [2.05, 4.69) is 18.3 Å². The van der Waals surface area contributed by atoms with Gasteiger partial charge in [-0.25, -0.2) is 0 Å². The predicted molar refractivity (Wildman–Crippen MR) is 78.1 cm³/mol. The Labute approximate surface area is 116 Å². The molecule has 0 heterocycles. The second-order valence-electron chi connectivity index (χ2n) is 5.22. The number of nitrogens with one attached hydrogen (secondary N) is 1. The number of benzene rings is 1. The minimum atomic E-state index is 0.664. The van der Waals surface area contributed by atoms with Gasteiger partial charge in [0.05, 0.1) is 14.2 Å². The Morgan fingerprint density at radius 1 is 1.26 bits per heavy atom. The Morgan fingerprint density at radius 2 is 2.05 bits per heavy atom. The normalized spacial score (nSPS) is 16.2. The molecule has 106 valence electrons. The van der Waals surface area contributed by atoms with Crippen LogP contribution in [0, 0.1) is 5.92 Å². The summed E-state index contributed by atoms with van der Waals surface area (Å²) in [5, 5.41) is 3.61. The molecule has 0 saturated heterocycles. The highest BCUT2D eigenvalue weighted by molar-refractivity contribution is 5.40. The van der Waals surface area contributed by atoms with Gasteiger partial charge in [-0.15, -0.1) is 0 Å². The molecule has 0 bridgehead atoms. The van der Waals surface area contributed by atoms with E-state index < -0.39 is 0 Å². The van der Waals surface area contributed by atoms with E-state index >= 15 is 0 Å². The van der Waals surface area contributed by atoms with Crippen LogP contribution in [0.4, 0.5) is 0 Å². The largest absolute Gasteiger partial charge is 0.497 e. The topological polar surface area (TPSA) is 30.5 Å². The SMILES string of the molecule is CCNC(CCc1ccc(OC)cc1OC)C1CC1. The lowest BCUT2D eigenvalue weighted by Crippen LogP contribution is -2.31. The smallest absolute Gasteiger partial charge is 0.125 e. The fourth-order valence-corrected chi connectivity index (χ4v) is 2.63. The fourth-order valence-electron chi connectivity index (χ4n) is 2.63. The lowest BCUT2D eigenvalue weighted by atomic mass is 10.0. The quantitative estimate of drug-likeness (QED) is 0.782. The molecule has 0 radical (unpaired) electrons. The van der Waals surface area contributed by atoms with E-state index in [1.165, 1.54) is 24.8 Å². The lowest BCUT2D eigenvalue weighted by Gasteiger charge is -2.18. The first-order valence-electron chi connectivity index (χ1n) is 7.22. The van der Waals surface area contributed by atoms with Crippen molar-refractivity contribution >= 4 is 0 Å². The lowest BCUT2D eigenvalue weighted by molar-refractivity contribution is 0.387.